The van der Waals surface area contributed by atoms with Gasteiger partial charge < -0.3 is 15.0 Å². The molecule has 0 spiro atoms. The summed E-state index contributed by atoms with van der Waals surface area (Å²) in [5.41, 5.74) is 9.24. The van der Waals surface area contributed by atoms with E-state index in [1.807, 2.05) is 66.7 Å². The summed E-state index contributed by atoms with van der Waals surface area (Å²) in [6, 6.07) is 29.4. The third-order valence-electron chi connectivity index (χ3n) is 7.65. The van der Waals surface area contributed by atoms with Crippen molar-refractivity contribution >= 4 is 22.8 Å². The van der Waals surface area contributed by atoms with Gasteiger partial charge in [0.25, 0.3) is 5.91 Å². The normalized spacial score (nSPS) is 12.7. The van der Waals surface area contributed by atoms with Gasteiger partial charge in [-0.15, -0.1) is 0 Å². The smallest absolute Gasteiger partial charge is 0.335 e. The van der Waals surface area contributed by atoms with E-state index in [0.29, 0.717) is 12.1 Å². The van der Waals surface area contributed by atoms with Gasteiger partial charge in [-0.2, -0.15) is 0 Å². The van der Waals surface area contributed by atoms with Gasteiger partial charge in [0.05, 0.1) is 17.3 Å². The highest BCUT2D eigenvalue weighted by Crippen LogP contribution is 2.43. The highest BCUT2D eigenvalue weighted by molar-refractivity contribution is 6.03. The number of carboxylic acids is 1. The minimum atomic E-state index is -0.941. The number of carboxylic acid groups (broad SMARTS) is 1. The number of aryl methyl sites for hydroxylation is 1. The van der Waals surface area contributed by atoms with Gasteiger partial charge in [0.1, 0.15) is 0 Å². The molecule has 5 nitrogen and oxygen atoms in total. The lowest BCUT2D eigenvalue weighted by atomic mass is 9.92. The average Bonchev–Trinajstić information content (AvgIpc) is 3.12. The minimum absolute atomic E-state index is 0.0574. The number of amides is 1. The van der Waals surface area contributed by atoms with E-state index >= 15 is 0 Å². The van der Waals surface area contributed by atoms with Crippen molar-refractivity contribution in [2.75, 3.05) is 0 Å². The van der Waals surface area contributed by atoms with Crippen molar-refractivity contribution in [1.82, 2.24) is 9.88 Å². The Bertz CT molecular complexity index is 1720. The third-order valence-corrected chi connectivity index (χ3v) is 7.65. The molecule has 5 aromatic rings. The Hall–Kier alpha value is -4.64. The van der Waals surface area contributed by atoms with Gasteiger partial charge in [-0.05, 0) is 71.5 Å². The Labute approximate surface area is 221 Å². The van der Waals surface area contributed by atoms with Gasteiger partial charge in [-0.1, -0.05) is 67.6 Å². The van der Waals surface area contributed by atoms with Crippen molar-refractivity contribution in [3.05, 3.63) is 119 Å². The number of aromatic nitrogens is 1. The number of carbonyl (C=O) groups excluding carboxylic acids is 1. The highest BCUT2D eigenvalue weighted by Gasteiger charge is 2.25. The zero-order valence-electron chi connectivity index (χ0n) is 21.4. The number of nitrogens with zero attached hydrogens (tertiary/aromatic N) is 1. The molecule has 1 aromatic heterocycles. The van der Waals surface area contributed by atoms with Gasteiger partial charge in [-0.25, -0.2) is 4.79 Å². The summed E-state index contributed by atoms with van der Waals surface area (Å²) in [4.78, 5) is 25.1. The average molecular weight is 501 g/mol. The van der Waals surface area contributed by atoms with Crippen LogP contribution in [0.25, 0.3) is 33.3 Å². The minimum Gasteiger partial charge on any atom is -0.478 e. The number of nitrogens with one attached hydrogen (secondary N) is 1. The standard InChI is InChI=1S/C33H28N2O3/c1-3-29(21-9-5-4-6-10-21)34-32(36)22-14-16-30-27(17-22)20(2)31-26-15-13-23(33(37)38)18-28(26)25-12-8-7-11-24(25)19-35(30)31/h4-18,29H,3,19H2,1-2H3,(H,34,36)(H,37,38). The molecule has 4 aromatic carbocycles. The van der Waals surface area contributed by atoms with Crippen molar-refractivity contribution in [3.63, 3.8) is 0 Å². The van der Waals surface area contributed by atoms with E-state index in [1.165, 1.54) is 0 Å². The maximum atomic E-state index is 13.3. The number of rotatable bonds is 5. The Morgan fingerprint density at radius 1 is 0.868 bits per heavy atom. The zero-order valence-corrected chi connectivity index (χ0v) is 21.4. The van der Waals surface area contributed by atoms with Crippen molar-refractivity contribution < 1.29 is 14.7 Å². The lowest BCUT2D eigenvalue weighted by molar-refractivity contribution is 0.0696. The zero-order chi connectivity index (χ0) is 26.4. The molecule has 1 atom stereocenters. The molecular weight excluding hydrogens is 472 g/mol. The first-order valence-corrected chi connectivity index (χ1v) is 12.9. The molecule has 6 rings (SSSR count). The van der Waals surface area contributed by atoms with E-state index in [9.17, 15) is 14.7 Å². The van der Waals surface area contributed by atoms with Crippen molar-refractivity contribution in [3.8, 4) is 22.4 Å². The highest BCUT2D eigenvalue weighted by atomic mass is 16.4. The largest absolute Gasteiger partial charge is 0.478 e. The fraction of sp³-hybridized carbons (Fsp3) is 0.152. The molecule has 2 N–H and O–H groups in total. The van der Waals surface area contributed by atoms with Gasteiger partial charge in [0, 0.05) is 28.6 Å². The van der Waals surface area contributed by atoms with Crippen LogP contribution in [0.2, 0.25) is 0 Å². The van der Waals surface area contributed by atoms with Gasteiger partial charge in [0.15, 0.2) is 0 Å². The molecule has 38 heavy (non-hydrogen) atoms. The number of aromatic carboxylic acids is 1. The summed E-state index contributed by atoms with van der Waals surface area (Å²) in [5, 5.41) is 13.9. The van der Waals surface area contributed by atoms with Crippen LogP contribution < -0.4 is 5.32 Å². The van der Waals surface area contributed by atoms with Crippen LogP contribution in [0.5, 0.6) is 0 Å². The van der Waals surface area contributed by atoms with E-state index < -0.39 is 5.97 Å². The van der Waals surface area contributed by atoms with Gasteiger partial charge >= 0.3 is 5.97 Å². The van der Waals surface area contributed by atoms with E-state index in [-0.39, 0.29) is 17.5 Å². The monoisotopic (exact) mass is 500 g/mol. The Morgan fingerprint density at radius 2 is 1.61 bits per heavy atom. The fourth-order valence-corrected chi connectivity index (χ4v) is 5.72. The molecule has 0 radical (unpaired) electrons. The maximum absolute atomic E-state index is 13.3. The molecule has 2 heterocycles. The molecule has 1 aliphatic heterocycles. The summed E-state index contributed by atoms with van der Waals surface area (Å²) in [6.07, 6.45) is 0.798. The molecule has 1 unspecified atom stereocenters. The van der Waals surface area contributed by atoms with Gasteiger partial charge in [-0.3, -0.25) is 4.79 Å². The number of benzene rings is 4. The molecule has 0 fully saturated rings. The van der Waals surface area contributed by atoms with Crippen molar-refractivity contribution in [2.24, 2.45) is 0 Å². The van der Waals surface area contributed by atoms with Crippen molar-refractivity contribution in [1.29, 1.82) is 0 Å². The maximum Gasteiger partial charge on any atom is 0.335 e. The van der Waals surface area contributed by atoms with E-state index in [4.69, 9.17) is 0 Å². The first kappa shape index (κ1) is 23.7. The fourth-order valence-electron chi connectivity index (χ4n) is 5.72. The molecule has 1 aliphatic rings. The summed E-state index contributed by atoms with van der Waals surface area (Å²) in [7, 11) is 0. The van der Waals surface area contributed by atoms with Crippen LogP contribution in [-0.2, 0) is 6.54 Å². The second-order valence-corrected chi connectivity index (χ2v) is 9.86. The Kier molecular flexibility index (Phi) is 5.84. The number of fused-ring (bicyclic) bond motifs is 7. The Balaban J connectivity index is 1.47. The number of hydrogen-bond donors (Lipinski definition) is 2. The summed E-state index contributed by atoms with van der Waals surface area (Å²) >= 11 is 0. The first-order valence-electron chi connectivity index (χ1n) is 12.9. The molecule has 188 valence electrons. The second-order valence-electron chi connectivity index (χ2n) is 9.86. The van der Waals surface area contributed by atoms with Crippen LogP contribution in [-0.4, -0.2) is 21.6 Å². The molecule has 1 amide bonds. The van der Waals surface area contributed by atoms with Crippen LogP contribution >= 0.6 is 0 Å². The van der Waals surface area contributed by atoms with Crippen LogP contribution in [0.15, 0.2) is 91.0 Å². The molecule has 0 aliphatic carbocycles. The first-order chi connectivity index (χ1) is 18.5. The quantitative estimate of drug-likeness (QED) is 0.262. The SMILES string of the molecule is CCC(NC(=O)c1ccc2c(c1)c(C)c1n2Cc2ccccc2-c2cc(C(=O)O)ccc2-1)c1ccccc1. The Morgan fingerprint density at radius 3 is 2.37 bits per heavy atom. The van der Waals surface area contributed by atoms with E-state index in [2.05, 4.69) is 35.9 Å². The van der Waals surface area contributed by atoms with Crippen molar-refractivity contribution in [2.45, 2.75) is 32.9 Å². The van der Waals surface area contributed by atoms with Crippen LogP contribution in [0, 0.1) is 6.92 Å². The number of carbonyl (C=O) groups is 2. The lowest BCUT2D eigenvalue weighted by Gasteiger charge is -2.17. The summed E-state index contributed by atoms with van der Waals surface area (Å²) in [5.74, 6) is -1.04. The summed E-state index contributed by atoms with van der Waals surface area (Å²) in [6.45, 7) is 4.81. The lowest BCUT2D eigenvalue weighted by Crippen LogP contribution is -2.28. The molecule has 5 heteroatoms. The predicted octanol–water partition coefficient (Wildman–Crippen LogP) is 7.22. The molecular formula is C33H28N2O3. The molecule has 0 bridgehead atoms. The van der Waals surface area contributed by atoms with Gasteiger partial charge in [0.2, 0.25) is 0 Å². The topological polar surface area (TPSA) is 71.3 Å². The molecule has 0 saturated carbocycles. The number of hydrogen-bond acceptors (Lipinski definition) is 2. The van der Waals surface area contributed by atoms with Crippen LogP contribution in [0.3, 0.4) is 0 Å². The van der Waals surface area contributed by atoms with E-state index in [0.717, 1.165) is 56.4 Å². The van der Waals surface area contributed by atoms with E-state index in [1.54, 1.807) is 12.1 Å². The predicted molar refractivity (Wildman–Crippen MR) is 151 cm³/mol. The second kappa shape index (κ2) is 9.34. The summed E-state index contributed by atoms with van der Waals surface area (Å²) < 4.78 is 2.29. The third kappa shape index (κ3) is 3.88. The molecule has 0 saturated heterocycles. The van der Waals surface area contributed by atoms with Crippen LogP contribution in [0.4, 0.5) is 0 Å². The van der Waals surface area contributed by atoms with Crippen LogP contribution in [0.1, 0.15) is 56.8 Å².